The lowest BCUT2D eigenvalue weighted by Gasteiger charge is -2.43. The number of piperidine rings is 1. The Morgan fingerprint density at radius 2 is 1.67 bits per heavy atom. The molecule has 1 heterocycles. The number of carbonyl (C=O) groups excluding carboxylic acids is 1. The summed E-state index contributed by atoms with van der Waals surface area (Å²) in [7, 11) is 0. The summed E-state index contributed by atoms with van der Waals surface area (Å²) in [5.74, 6) is 0.828. The third-order valence-corrected chi connectivity index (χ3v) is 6.16. The van der Waals surface area contributed by atoms with E-state index in [1.54, 1.807) is 0 Å². The number of urea groups is 1. The first-order valence-corrected chi connectivity index (χ1v) is 10.1. The van der Waals surface area contributed by atoms with Crippen LogP contribution in [0, 0.1) is 5.92 Å². The second-order valence-electron chi connectivity index (χ2n) is 8.10. The standard InChI is InChI=1S/C23H29N3O/c1-18-12-16-26(17-13-18)21-10-8-20(9-11-21)24-22(27)25-23(14-5-15-23)19-6-3-2-4-7-19/h2-4,6-11,18H,5,12-17H2,1H3,(H2,24,25,27). The third-order valence-electron chi connectivity index (χ3n) is 6.16. The zero-order chi connectivity index (χ0) is 18.7. The van der Waals surface area contributed by atoms with Gasteiger partial charge in [0, 0.05) is 24.5 Å². The lowest BCUT2D eigenvalue weighted by Crippen LogP contribution is -2.52. The summed E-state index contributed by atoms with van der Waals surface area (Å²) in [6.07, 6.45) is 5.65. The predicted octanol–water partition coefficient (Wildman–Crippen LogP) is 5.12. The third kappa shape index (κ3) is 3.95. The van der Waals surface area contributed by atoms with Crippen molar-refractivity contribution in [2.75, 3.05) is 23.3 Å². The minimum absolute atomic E-state index is 0.127. The molecular formula is C23H29N3O. The van der Waals surface area contributed by atoms with Gasteiger partial charge in [-0.25, -0.2) is 4.79 Å². The molecule has 2 aromatic carbocycles. The number of nitrogens with one attached hydrogen (secondary N) is 2. The molecule has 1 aliphatic carbocycles. The number of rotatable bonds is 4. The van der Waals surface area contributed by atoms with E-state index in [9.17, 15) is 4.79 Å². The number of anilines is 2. The van der Waals surface area contributed by atoms with Crippen molar-refractivity contribution in [2.24, 2.45) is 5.92 Å². The molecule has 4 rings (SSSR count). The van der Waals surface area contributed by atoms with E-state index in [0.717, 1.165) is 44.0 Å². The van der Waals surface area contributed by atoms with E-state index in [-0.39, 0.29) is 11.6 Å². The highest BCUT2D eigenvalue weighted by Crippen LogP contribution is 2.41. The van der Waals surface area contributed by atoms with Gasteiger partial charge < -0.3 is 15.5 Å². The van der Waals surface area contributed by atoms with Crippen molar-refractivity contribution in [1.82, 2.24) is 5.32 Å². The SMILES string of the molecule is CC1CCN(c2ccc(NC(=O)NC3(c4ccccc4)CCC3)cc2)CC1. The monoisotopic (exact) mass is 363 g/mol. The normalized spacial score (nSPS) is 19.2. The van der Waals surface area contributed by atoms with Crippen LogP contribution in [0.25, 0.3) is 0 Å². The molecule has 2 amide bonds. The van der Waals surface area contributed by atoms with Crippen molar-refractivity contribution in [3.8, 4) is 0 Å². The first kappa shape index (κ1) is 17.9. The van der Waals surface area contributed by atoms with E-state index in [1.807, 2.05) is 30.3 Å². The van der Waals surface area contributed by atoms with Crippen LogP contribution in [0.2, 0.25) is 0 Å². The van der Waals surface area contributed by atoms with Crippen molar-refractivity contribution >= 4 is 17.4 Å². The van der Waals surface area contributed by atoms with Gasteiger partial charge in [-0.05, 0) is 67.9 Å². The molecule has 2 aliphatic rings. The average molecular weight is 364 g/mol. The Labute approximate surface area is 162 Å². The maximum absolute atomic E-state index is 12.6. The van der Waals surface area contributed by atoms with Crippen LogP contribution in [0.1, 0.15) is 44.6 Å². The van der Waals surface area contributed by atoms with Crippen LogP contribution in [0.4, 0.5) is 16.2 Å². The van der Waals surface area contributed by atoms with Crippen molar-refractivity contribution in [3.05, 3.63) is 60.2 Å². The molecule has 142 valence electrons. The van der Waals surface area contributed by atoms with E-state index in [0.29, 0.717) is 0 Å². The zero-order valence-corrected chi connectivity index (χ0v) is 16.1. The van der Waals surface area contributed by atoms with Gasteiger partial charge in [0.25, 0.3) is 0 Å². The van der Waals surface area contributed by atoms with Crippen molar-refractivity contribution in [2.45, 2.75) is 44.6 Å². The van der Waals surface area contributed by atoms with Crippen molar-refractivity contribution in [1.29, 1.82) is 0 Å². The molecule has 1 saturated carbocycles. The largest absolute Gasteiger partial charge is 0.372 e. The molecule has 0 unspecified atom stereocenters. The van der Waals surface area contributed by atoms with E-state index < -0.39 is 0 Å². The maximum Gasteiger partial charge on any atom is 0.319 e. The van der Waals surface area contributed by atoms with Crippen LogP contribution in [0.5, 0.6) is 0 Å². The Balaban J connectivity index is 1.37. The molecular weight excluding hydrogens is 334 g/mol. The number of amides is 2. The molecule has 4 heteroatoms. The van der Waals surface area contributed by atoms with Crippen LogP contribution < -0.4 is 15.5 Å². The molecule has 0 aromatic heterocycles. The molecule has 0 bridgehead atoms. The zero-order valence-electron chi connectivity index (χ0n) is 16.1. The van der Waals surface area contributed by atoms with Crippen LogP contribution >= 0.6 is 0 Å². The highest BCUT2D eigenvalue weighted by molar-refractivity contribution is 5.90. The molecule has 2 fully saturated rings. The van der Waals surface area contributed by atoms with Gasteiger partial charge in [0.05, 0.1) is 5.54 Å². The van der Waals surface area contributed by atoms with Crippen LogP contribution in [-0.4, -0.2) is 19.1 Å². The van der Waals surface area contributed by atoms with Gasteiger partial charge in [0.1, 0.15) is 0 Å². The summed E-state index contributed by atoms with van der Waals surface area (Å²) in [4.78, 5) is 15.0. The summed E-state index contributed by atoms with van der Waals surface area (Å²) in [5.41, 5.74) is 3.06. The summed E-state index contributed by atoms with van der Waals surface area (Å²) >= 11 is 0. The Bertz CT molecular complexity index is 760. The van der Waals surface area contributed by atoms with E-state index in [2.05, 4.69) is 46.7 Å². The fraction of sp³-hybridized carbons (Fsp3) is 0.435. The number of benzene rings is 2. The molecule has 2 aromatic rings. The number of hydrogen-bond donors (Lipinski definition) is 2. The van der Waals surface area contributed by atoms with E-state index in [1.165, 1.54) is 24.1 Å². The minimum Gasteiger partial charge on any atom is -0.372 e. The first-order chi connectivity index (χ1) is 13.1. The molecule has 4 nitrogen and oxygen atoms in total. The lowest BCUT2D eigenvalue weighted by atomic mass is 9.72. The lowest BCUT2D eigenvalue weighted by molar-refractivity contribution is 0.185. The summed E-state index contributed by atoms with van der Waals surface area (Å²) < 4.78 is 0. The van der Waals surface area contributed by atoms with Crippen LogP contribution in [-0.2, 0) is 5.54 Å². The Morgan fingerprint density at radius 1 is 1.00 bits per heavy atom. The second-order valence-corrected chi connectivity index (χ2v) is 8.10. The van der Waals surface area contributed by atoms with Gasteiger partial charge >= 0.3 is 6.03 Å². The van der Waals surface area contributed by atoms with Gasteiger partial charge in [0.2, 0.25) is 0 Å². The average Bonchev–Trinajstić information content (AvgIpc) is 2.67. The van der Waals surface area contributed by atoms with Gasteiger partial charge in [0.15, 0.2) is 0 Å². The molecule has 1 aliphatic heterocycles. The smallest absolute Gasteiger partial charge is 0.319 e. The highest BCUT2D eigenvalue weighted by Gasteiger charge is 2.39. The minimum atomic E-state index is -0.213. The van der Waals surface area contributed by atoms with Gasteiger partial charge in [-0.1, -0.05) is 37.3 Å². The van der Waals surface area contributed by atoms with Crippen LogP contribution in [0.15, 0.2) is 54.6 Å². The Morgan fingerprint density at radius 3 is 2.26 bits per heavy atom. The maximum atomic E-state index is 12.6. The van der Waals surface area contributed by atoms with Gasteiger partial charge in [-0.15, -0.1) is 0 Å². The number of carbonyl (C=O) groups is 1. The topological polar surface area (TPSA) is 44.4 Å². The highest BCUT2D eigenvalue weighted by atomic mass is 16.2. The fourth-order valence-electron chi connectivity index (χ4n) is 4.18. The molecule has 2 N–H and O–H groups in total. The predicted molar refractivity (Wildman–Crippen MR) is 111 cm³/mol. The second kappa shape index (κ2) is 7.63. The Hall–Kier alpha value is -2.49. The first-order valence-electron chi connectivity index (χ1n) is 10.1. The summed E-state index contributed by atoms with van der Waals surface area (Å²) in [6, 6.07) is 18.4. The van der Waals surface area contributed by atoms with Gasteiger partial charge in [-0.2, -0.15) is 0 Å². The molecule has 0 radical (unpaired) electrons. The summed E-state index contributed by atoms with van der Waals surface area (Å²) in [6.45, 7) is 4.56. The Kier molecular flexibility index (Phi) is 5.06. The van der Waals surface area contributed by atoms with Crippen LogP contribution in [0.3, 0.4) is 0 Å². The molecule has 0 spiro atoms. The fourth-order valence-corrected chi connectivity index (χ4v) is 4.18. The summed E-state index contributed by atoms with van der Waals surface area (Å²) in [5, 5.41) is 6.22. The molecule has 27 heavy (non-hydrogen) atoms. The van der Waals surface area contributed by atoms with Crippen molar-refractivity contribution < 1.29 is 4.79 Å². The van der Waals surface area contributed by atoms with Gasteiger partial charge in [-0.3, -0.25) is 0 Å². The van der Waals surface area contributed by atoms with E-state index >= 15 is 0 Å². The number of nitrogens with zero attached hydrogens (tertiary/aromatic N) is 1. The molecule has 1 saturated heterocycles. The van der Waals surface area contributed by atoms with Crippen molar-refractivity contribution in [3.63, 3.8) is 0 Å². The quantitative estimate of drug-likeness (QED) is 0.791. The number of hydrogen-bond acceptors (Lipinski definition) is 2. The molecule has 0 atom stereocenters. The van der Waals surface area contributed by atoms with E-state index in [4.69, 9.17) is 0 Å².